The summed E-state index contributed by atoms with van der Waals surface area (Å²) in [7, 11) is 4.16. The smallest absolute Gasteiger partial charge is 0.314 e. The molecule has 168 valence electrons. The molecule has 1 aliphatic rings. The van der Waals surface area contributed by atoms with Gasteiger partial charge in [0.05, 0.1) is 29.2 Å². The largest absolute Gasteiger partial charge is 0.415 e. The fraction of sp³-hybridized carbons (Fsp3) is 0.364. The molecule has 0 aliphatic carbocycles. The Bertz CT molecular complexity index is 1060. The van der Waals surface area contributed by atoms with Crippen LogP contribution in [0.5, 0.6) is 0 Å². The molecule has 1 atom stereocenters. The predicted octanol–water partition coefficient (Wildman–Crippen LogP) is 3.37. The maximum Gasteiger partial charge on any atom is 0.314 e. The number of alkyl halides is 2. The van der Waals surface area contributed by atoms with E-state index in [0.717, 1.165) is 37.3 Å². The summed E-state index contributed by atoms with van der Waals surface area (Å²) in [6, 6.07) is 11.5. The SMILES string of the molecule is CN1CCC(N(C)c2ccccc2N(C=O)Cc2ccc(-c3nnc(C(F)F)o3)cn2)C1. The predicted molar refractivity (Wildman–Crippen MR) is 115 cm³/mol. The summed E-state index contributed by atoms with van der Waals surface area (Å²) < 4.78 is 30.3. The second-order valence-electron chi connectivity index (χ2n) is 7.82. The molecule has 1 aromatic carbocycles. The van der Waals surface area contributed by atoms with Crippen molar-refractivity contribution in [3.8, 4) is 11.5 Å². The number of rotatable bonds is 8. The Morgan fingerprint density at radius 1 is 1.22 bits per heavy atom. The fourth-order valence-electron chi connectivity index (χ4n) is 3.87. The second-order valence-corrected chi connectivity index (χ2v) is 7.82. The van der Waals surface area contributed by atoms with Crippen molar-refractivity contribution in [2.45, 2.75) is 25.4 Å². The van der Waals surface area contributed by atoms with Crippen LogP contribution in [0.4, 0.5) is 20.2 Å². The maximum absolute atomic E-state index is 12.7. The van der Waals surface area contributed by atoms with Gasteiger partial charge in [-0.3, -0.25) is 9.78 Å². The molecule has 0 radical (unpaired) electrons. The number of pyridine rings is 1. The van der Waals surface area contributed by atoms with Gasteiger partial charge in [0, 0.05) is 25.8 Å². The zero-order chi connectivity index (χ0) is 22.7. The molecule has 0 bridgehead atoms. The summed E-state index contributed by atoms with van der Waals surface area (Å²) in [6.07, 6.45) is 0.491. The number of benzene rings is 1. The molecule has 4 rings (SSSR count). The molecule has 0 spiro atoms. The van der Waals surface area contributed by atoms with Crippen LogP contribution in [0.2, 0.25) is 0 Å². The first kappa shape index (κ1) is 21.8. The van der Waals surface area contributed by atoms with Crippen LogP contribution in [0.15, 0.2) is 47.0 Å². The third kappa shape index (κ3) is 4.59. The average Bonchev–Trinajstić information content (AvgIpc) is 3.47. The van der Waals surface area contributed by atoms with Gasteiger partial charge in [-0.25, -0.2) is 0 Å². The number of hydrogen-bond donors (Lipinski definition) is 0. The van der Waals surface area contributed by atoms with E-state index < -0.39 is 12.3 Å². The third-order valence-corrected chi connectivity index (χ3v) is 5.64. The van der Waals surface area contributed by atoms with Crippen LogP contribution in [0.1, 0.15) is 24.4 Å². The van der Waals surface area contributed by atoms with E-state index in [4.69, 9.17) is 4.42 Å². The van der Waals surface area contributed by atoms with Crippen LogP contribution in [0.3, 0.4) is 0 Å². The van der Waals surface area contributed by atoms with Gasteiger partial charge in [-0.1, -0.05) is 12.1 Å². The van der Waals surface area contributed by atoms with Crippen molar-refractivity contribution in [1.82, 2.24) is 20.1 Å². The van der Waals surface area contributed by atoms with Gasteiger partial charge in [0.25, 0.3) is 5.89 Å². The highest BCUT2D eigenvalue weighted by Gasteiger charge is 2.26. The molecule has 32 heavy (non-hydrogen) atoms. The van der Waals surface area contributed by atoms with Gasteiger partial charge in [0.2, 0.25) is 12.3 Å². The van der Waals surface area contributed by atoms with Gasteiger partial charge in [-0.15, -0.1) is 10.2 Å². The van der Waals surface area contributed by atoms with Crippen molar-refractivity contribution in [2.24, 2.45) is 0 Å². The van der Waals surface area contributed by atoms with Gasteiger partial charge < -0.3 is 19.1 Å². The number of likely N-dealkylation sites (N-methyl/N-ethyl adjacent to an activating group) is 2. The monoisotopic (exact) mass is 442 g/mol. The number of carbonyl (C=O) groups excluding carboxylic acids is 1. The minimum atomic E-state index is -2.83. The Labute approximate surface area is 184 Å². The van der Waals surface area contributed by atoms with Gasteiger partial charge in [-0.05, 0) is 44.3 Å². The van der Waals surface area contributed by atoms with Crippen LogP contribution in [0, 0.1) is 0 Å². The number of aromatic nitrogens is 3. The highest BCUT2D eigenvalue weighted by molar-refractivity contribution is 5.84. The van der Waals surface area contributed by atoms with Crippen molar-refractivity contribution in [3.63, 3.8) is 0 Å². The third-order valence-electron chi connectivity index (χ3n) is 5.64. The molecule has 3 heterocycles. The van der Waals surface area contributed by atoms with Gasteiger partial charge in [0.15, 0.2) is 0 Å². The molecule has 2 aromatic heterocycles. The lowest BCUT2D eigenvalue weighted by Crippen LogP contribution is -2.35. The number of anilines is 2. The molecule has 1 fully saturated rings. The number of likely N-dealkylation sites (tertiary alicyclic amines) is 1. The van der Waals surface area contributed by atoms with Crippen LogP contribution >= 0.6 is 0 Å². The molecule has 1 saturated heterocycles. The molecule has 0 saturated carbocycles. The second kappa shape index (κ2) is 9.39. The molecule has 1 unspecified atom stereocenters. The summed E-state index contributed by atoms with van der Waals surface area (Å²) in [6.45, 7) is 2.27. The van der Waals surface area contributed by atoms with E-state index in [1.807, 2.05) is 24.3 Å². The number of nitrogens with zero attached hydrogens (tertiary/aromatic N) is 6. The first-order valence-corrected chi connectivity index (χ1v) is 10.3. The van der Waals surface area contributed by atoms with E-state index in [0.29, 0.717) is 17.3 Å². The summed E-state index contributed by atoms with van der Waals surface area (Å²) >= 11 is 0. The van der Waals surface area contributed by atoms with Gasteiger partial charge >= 0.3 is 6.43 Å². The van der Waals surface area contributed by atoms with E-state index in [1.165, 1.54) is 6.20 Å². The lowest BCUT2D eigenvalue weighted by atomic mass is 10.1. The quantitative estimate of drug-likeness (QED) is 0.495. The first-order valence-electron chi connectivity index (χ1n) is 10.3. The molecule has 1 aliphatic heterocycles. The highest BCUT2D eigenvalue weighted by Crippen LogP contribution is 2.32. The summed E-state index contributed by atoms with van der Waals surface area (Å²) in [5.41, 5.74) is 2.83. The van der Waals surface area contributed by atoms with Crippen molar-refractivity contribution in [1.29, 1.82) is 0 Å². The van der Waals surface area contributed by atoms with Crippen LogP contribution < -0.4 is 9.80 Å². The molecule has 0 N–H and O–H groups in total. The van der Waals surface area contributed by atoms with E-state index in [2.05, 4.69) is 39.1 Å². The van der Waals surface area contributed by atoms with Crippen molar-refractivity contribution in [3.05, 3.63) is 54.2 Å². The van der Waals surface area contributed by atoms with E-state index in [9.17, 15) is 13.6 Å². The number of halogens is 2. The topological polar surface area (TPSA) is 78.6 Å². The Morgan fingerprint density at radius 2 is 2.00 bits per heavy atom. The Kier molecular flexibility index (Phi) is 6.40. The Morgan fingerprint density at radius 3 is 2.59 bits per heavy atom. The van der Waals surface area contributed by atoms with E-state index in [1.54, 1.807) is 17.0 Å². The fourth-order valence-corrected chi connectivity index (χ4v) is 3.87. The lowest BCUT2D eigenvalue weighted by Gasteiger charge is -2.31. The molecule has 1 amide bonds. The molecule has 3 aromatic rings. The number of hydrogen-bond acceptors (Lipinski definition) is 7. The van der Waals surface area contributed by atoms with Crippen molar-refractivity contribution in [2.75, 3.05) is 37.0 Å². The summed E-state index contributed by atoms with van der Waals surface area (Å²) in [5.74, 6) is -0.759. The summed E-state index contributed by atoms with van der Waals surface area (Å²) in [4.78, 5) is 22.4. The highest BCUT2D eigenvalue weighted by atomic mass is 19.3. The number of carbonyl (C=O) groups is 1. The van der Waals surface area contributed by atoms with Crippen LogP contribution in [0.25, 0.3) is 11.5 Å². The number of para-hydroxylation sites is 2. The maximum atomic E-state index is 12.7. The molecular weight excluding hydrogens is 418 g/mol. The van der Waals surface area contributed by atoms with Gasteiger partial charge in [-0.2, -0.15) is 8.78 Å². The standard InChI is InChI=1S/C22H24F2N6O2/c1-28-10-9-17(13-28)29(2)18-5-3-4-6-19(18)30(14-31)12-16-8-7-15(11-25-16)21-26-27-22(32-21)20(23)24/h3-8,11,14,17,20H,9-10,12-13H2,1-2H3. The van der Waals surface area contributed by atoms with Gasteiger partial charge in [0.1, 0.15) is 0 Å². The molecule has 8 nitrogen and oxygen atoms in total. The van der Waals surface area contributed by atoms with Crippen molar-refractivity contribution >= 4 is 17.8 Å². The van der Waals surface area contributed by atoms with Crippen LogP contribution in [-0.2, 0) is 11.3 Å². The first-order chi connectivity index (χ1) is 15.5. The number of amides is 1. The molecular formula is C22H24F2N6O2. The van der Waals surface area contributed by atoms with Crippen LogP contribution in [-0.4, -0.2) is 59.7 Å². The normalized spacial score (nSPS) is 16.5. The van der Waals surface area contributed by atoms with Crippen molar-refractivity contribution < 1.29 is 18.0 Å². The van der Waals surface area contributed by atoms with E-state index >= 15 is 0 Å². The Balaban J connectivity index is 1.52. The zero-order valence-electron chi connectivity index (χ0n) is 17.9. The molecule has 10 heteroatoms. The Hall–Kier alpha value is -3.40. The lowest BCUT2D eigenvalue weighted by molar-refractivity contribution is -0.107. The van der Waals surface area contributed by atoms with E-state index in [-0.39, 0.29) is 12.4 Å². The zero-order valence-corrected chi connectivity index (χ0v) is 17.9. The minimum Gasteiger partial charge on any atom is -0.415 e. The average molecular weight is 442 g/mol. The summed E-state index contributed by atoms with van der Waals surface area (Å²) in [5, 5.41) is 6.95. The minimum absolute atomic E-state index is 0.0277.